The fraction of sp³-hybridized carbons (Fsp3) is 0.769. The van der Waals surface area contributed by atoms with Gasteiger partial charge in [0.15, 0.2) is 5.76 Å². The molecule has 0 aromatic carbocycles. The second kappa shape index (κ2) is 8.26. The van der Waals surface area contributed by atoms with Gasteiger partial charge in [-0.3, -0.25) is 4.90 Å². The first kappa shape index (κ1) is 17.0. The van der Waals surface area contributed by atoms with Crippen LogP contribution in [0.15, 0.2) is 10.6 Å². The van der Waals surface area contributed by atoms with Crippen LogP contribution in [0.3, 0.4) is 0 Å². The fourth-order valence-electron chi connectivity index (χ4n) is 1.91. The van der Waals surface area contributed by atoms with E-state index in [1.54, 1.807) is 6.07 Å². The molecule has 0 saturated carbocycles. The van der Waals surface area contributed by atoms with Crippen LogP contribution < -0.4 is 5.32 Å². The highest BCUT2D eigenvalue weighted by molar-refractivity contribution is 5.05. The maximum atomic E-state index is 12.4. The summed E-state index contributed by atoms with van der Waals surface area (Å²) in [4.78, 5) is 1.32. The summed E-state index contributed by atoms with van der Waals surface area (Å²) in [5.74, 6) is 0.469. The molecule has 20 heavy (non-hydrogen) atoms. The lowest BCUT2D eigenvalue weighted by atomic mass is 10.3. The van der Waals surface area contributed by atoms with E-state index in [9.17, 15) is 13.2 Å². The zero-order valence-corrected chi connectivity index (χ0v) is 12.0. The minimum absolute atomic E-state index is 0.133. The summed E-state index contributed by atoms with van der Waals surface area (Å²) >= 11 is 0. The first-order chi connectivity index (χ1) is 9.44. The number of rotatable bonds is 9. The lowest BCUT2D eigenvalue weighted by Gasteiger charge is -2.21. The molecule has 116 valence electrons. The fourth-order valence-corrected chi connectivity index (χ4v) is 1.91. The van der Waals surface area contributed by atoms with E-state index in [-0.39, 0.29) is 6.54 Å². The Bertz CT molecular complexity index is 379. The molecule has 0 bridgehead atoms. The predicted octanol–water partition coefficient (Wildman–Crippen LogP) is 2.95. The summed E-state index contributed by atoms with van der Waals surface area (Å²) < 4.78 is 42.4. The topological polar surface area (TPSA) is 41.3 Å². The molecule has 7 heteroatoms. The Morgan fingerprint density at radius 2 is 2.05 bits per heavy atom. The molecule has 0 saturated heterocycles. The highest BCUT2D eigenvalue weighted by Gasteiger charge is 2.30. The van der Waals surface area contributed by atoms with Crippen LogP contribution in [0.2, 0.25) is 0 Å². The Labute approximate surface area is 117 Å². The van der Waals surface area contributed by atoms with E-state index >= 15 is 0 Å². The standard InChI is InChI=1S/C13H22F3N3O/c1-3-5-17-8-11-7-12(20-18-11)9-19(6-4-2)10-13(14,15)16/h7,17H,3-6,8-10H2,1-2H3. The van der Waals surface area contributed by atoms with Crippen LogP contribution in [-0.4, -0.2) is 35.9 Å². The van der Waals surface area contributed by atoms with Gasteiger partial charge in [-0.1, -0.05) is 19.0 Å². The van der Waals surface area contributed by atoms with Crippen LogP contribution in [0.1, 0.15) is 38.1 Å². The molecule has 1 aromatic rings. The van der Waals surface area contributed by atoms with E-state index in [1.807, 2.05) is 6.92 Å². The zero-order valence-electron chi connectivity index (χ0n) is 12.0. The van der Waals surface area contributed by atoms with E-state index in [4.69, 9.17) is 4.52 Å². The van der Waals surface area contributed by atoms with Gasteiger partial charge in [0, 0.05) is 12.6 Å². The molecule has 0 aliphatic rings. The molecule has 4 nitrogen and oxygen atoms in total. The van der Waals surface area contributed by atoms with Crippen molar-refractivity contribution < 1.29 is 17.7 Å². The van der Waals surface area contributed by atoms with Crippen molar-refractivity contribution in [1.82, 2.24) is 15.4 Å². The van der Waals surface area contributed by atoms with Crippen LogP contribution >= 0.6 is 0 Å². The lowest BCUT2D eigenvalue weighted by molar-refractivity contribution is -0.147. The number of alkyl halides is 3. The largest absolute Gasteiger partial charge is 0.401 e. The molecule has 0 aliphatic carbocycles. The normalized spacial score (nSPS) is 12.3. The van der Waals surface area contributed by atoms with Gasteiger partial charge < -0.3 is 9.84 Å². The second-order valence-electron chi connectivity index (χ2n) is 4.79. The van der Waals surface area contributed by atoms with Gasteiger partial charge in [-0.25, -0.2) is 0 Å². The van der Waals surface area contributed by atoms with Crippen LogP contribution in [0.4, 0.5) is 13.2 Å². The van der Waals surface area contributed by atoms with Gasteiger partial charge in [0.05, 0.1) is 18.8 Å². The minimum Gasteiger partial charge on any atom is -0.360 e. The monoisotopic (exact) mass is 293 g/mol. The van der Waals surface area contributed by atoms with Crippen LogP contribution in [0.25, 0.3) is 0 Å². The van der Waals surface area contributed by atoms with Crippen molar-refractivity contribution in [2.24, 2.45) is 0 Å². The minimum atomic E-state index is -4.19. The zero-order chi connectivity index (χ0) is 15.0. The molecule has 1 aromatic heterocycles. The van der Waals surface area contributed by atoms with Crippen molar-refractivity contribution in [2.45, 2.75) is 46.0 Å². The third-order valence-electron chi connectivity index (χ3n) is 2.66. The first-order valence-electron chi connectivity index (χ1n) is 6.89. The van der Waals surface area contributed by atoms with Gasteiger partial charge in [0.1, 0.15) is 0 Å². The van der Waals surface area contributed by atoms with Gasteiger partial charge in [0.25, 0.3) is 0 Å². The Morgan fingerprint density at radius 1 is 1.30 bits per heavy atom. The van der Waals surface area contributed by atoms with Crippen molar-refractivity contribution in [2.75, 3.05) is 19.6 Å². The number of hydrogen-bond donors (Lipinski definition) is 1. The summed E-state index contributed by atoms with van der Waals surface area (Å²) in [6.07, 6.45) is -2.52. The van der Waals surface area contributed by atoms with Crippen molar-refractivity contribution in [3.63, 3.8) is 0 Å². The smallest absolute Gasteiger partial charge is 0.360 e. The molecular weight excluding hydrogens is 271 g/mol. The molecule has 0 atom stereocenters. The second-order valence-corrected chi connectivity index (χ2v) is 4.79. The number of nitrogens with zero attached hydrogens (tertiary/aromatic N) is 2. The Kier molecular flexibility index (Phi) is 7.01. The third kappa shape index (κ3) is 6.91. The molecule has 0 fully saturated rings. The summed E-state index contributed by atoms with van der Waals surface area (Å²) in [5, 5.41) is 7.02. The maximum absolute atomic E-state index is 12.4. The van der Waals surface area contributed by atoms with Crippen molar-refractivity contribution in [3.05, 3.63) is 17.5 Å². The lowest BCUT2D eigenvalue weighted by Crippen LogP contribution is -2.34. The predicted molar refractivity (Wildman–Crippen MR) is 70.1 cm³/mol. The van der Waals surface area contributed by atoms with E-state index in [2.05, 4.69) is 17.4 Å². The molecule has 0 aliphatic heterocycles. The van der Waals surface area contributed by atoms with E-state index in [1.165, 1.54) is 4.90 Å². The summed E-state index contributed by atoms with van der Waals surface area (Å²) in [7, 11) is 0. The van der Waals surface area contributed by atoms with E-state index in [0.717, 1.165) is 18.7 Å². The Morgan fingerprint density at radius 3 is 2.65 bits per heavy atom. The average molecular weight is 293 g/mol. The molecule has 0 spiro atoms. The highest BCUT2D eigenvalue weighted by Crippen LogP contribution is 2.18. The SMILES string of the molecule is CCCNCc1cc(CN(CCC)CC(F)(F)F)on1. The van der Waals surface area contributed by atoms with Crippen LogP contribution in [0, 0.1) is 0 Å². The molecule has 0 unspecified atom stereocenters. The van der Waals surface area contributed by atoms with Gasteiger partial charge >= 0.3 is 6.18 Å². The van der Waals surface area contributed by atoms with Gasteiger partial charge in [-0.15, -0.1) is 0 Å². The molecule has 1 N–H and O–H groups in total. The van der Waals surface area contributed by atoms with Gasteiger partial charge in [-0.05, 0) is 25.9 Å². The van der Waals surface area contributed by atoms with E-state index in [0.29, 0.717) is 25.3 Å². The third-order valence-corrected chi connectivity index (χ3v) is 2.66. The van der Waals surface area contributed by atoms with Crippen LogP contribution in [0.5, 0.6) is 0 Å². The number of hydrogen-bond acceptors (Lipinski definition) is 4. The van der Waals surface area contributed by atoms with Crippen molar-refractivity contribution in [3.8, 4) is 0 Å². The quantitative estimate of drug-likeness (QED) is 0.711. The molecular formula is C13H22F3N3O. The summed E-state index contributed by atoms with van der Waals surface area (Å²) in [6.45, 7) is 4.94. The van der Waals surface area contributed by atoms with Crippen LogP contribution in [-0.2, 0) is 13.1 Å². The Balaban J connectivity index is 2.51. The average Bonchev–Trinajstić information content (AvgIpc) is 2.75. The number of nitrogens with one attached hydrogen (secondary N) is 1. The maximum Gasteiger partial charge on any atom is 0.401 e. The number of halogens is 3. The van der Waals surface area contributed by atoms with Crippen molar-refractivity contribution >= 4 is 0 Å². The molecule has 1 rings (SSSR count). The van der Waals surface area contributed by atoms with Gasteiger partial charge in [0.2, 0.25) is 0 Å². The summed E-state index contributed by atoms with van der Waals surface area (Å²) in [5.41, 5.74) is 0.719. The Hall–Kier alpha value is -1.08. The summed E-state index contributed by atoms with van der Waals surface area (Å²) in [6, 6.07) is 1.71. The van der Waals surface area contributed by atoms with Gasteiger partial charge in [-0.2, -0.15) is 13.2 Å². The number of aromatic nitrogens is 1. The molecule has 1 heterocycles. The van der Waals surface area contributed by atoms with Crippen molar-refractivity contribution in [1.29, 1.82) is 0 Å². The van der Waals surface area contributed by atoms with E-state index < -0.39 is 12.7 Å². The molecule has 0 radical (unpaired) electrons. The molecule has 0 amide bonds. The first-order valence-corrected chi connectivity index (χ1v) is 6.89. The highest BCUT2D eigenvalue weighted by atomic mass is 19.4.